The molecule has 0 amide bonds. The topological polar surface area (TPSA) is 62.4 Å². The Kier molecular flexibility index (Phi) is 2.55. The molecule has 1 heterocycles. The number of aliphatic imine (C=N–C) groups is 1. The van der Waals surface area contributed by atoms with Gasteiger partial charge < -0.3 is 16.4 Å². The van der Waals surface area contributed by atoms with Crippen LogP contribution in [0.15, 0.2) is 29.3 Å². The fourth-order valence-electron chi connectivity index (χ4n) is 1.52. The number of aryl methyl sites for hydroxylation is 1. The lowest BCUT2D eigenvalue weighted by molar-refractivity contribution is 0.656. The fourth-order valence-corrected chi connectivity index (χ4v) is 1.74. The fraction of sp³-hybridized carbons (Fsp3) is 0.200. The summed E-state index contributed by atoms with van der Waals surface area (Å²) in [5, 5.41) is 6.31. The molecule has 0 fully saturated rings. The lowest BCUT2D eigenvalue weighted by Gasteiger charge is -2.24. The molecule has 1 atom stereocenters. The molecule has 0 radical (unpaired) electrons. The summed E-state index contributed by atoms with van der Waals surface area (Å²) in [4.78, 5) is 4.25. The van der Waals surface area contributed by atoms with E-state index in [9.17, 15) is 0 Å². The van der Waals surface area contributed by atoms with Crippen molar-refractivity contribution in [3.05, 3.63) is 35.4 Å². The van der Waals surface area contributed by atoms with E-state index in [-0.39, 0.29) is 6.17 Å². The molecule has 78 valence electrons. The van der Waals surface area contributed by atoms with Gasteiger partial charge in [-0.2, -0.15) is 0 Å². The molecule has 0 saturated heterocycles. The zero-order valence-electron chi connectivity index (χ0n) is 8.32. The van der Waals surface area contributed by atoms with Crippen molar-refractivity contribution in [3.8, 4) is 0 Å². The first-order valence-corrected chi connectivity index (χ1v) is 5.04. The summed E-state index contributed by atoms with van der Waals surface area (Å²) in [6.45, 7) is 2.04. The SMILES string of the molecule is Cc1ccccc1C1N=C(N)NC(=S)N1. The first kappa shape index (κ1) is 9.92. The van der Waals surface area contributed by atoms with Gasteiger partial charge in [-0.3, -0.25) is 0 Å². The molecule has 0 aromatic heterocycles. The number of nitrogens with one attached hydrogen (secondary N) is 2. The van der Waals surface area contributed by atoms with Gasteiger partial charge in [-0.25, -0.2) is 4.99 Å². The Morgan fingerprint density at radius 2 is 2.13 bits per heavy atom. The third-order valence-electron chi connectivity index (χ3n) is 2.26. The Balaban J connectivity index is 2.36. The summed E-state index contributed by atoms with van der Waals surface area (Å²) in [7, 11) is 0. The average Bonchev–Trinajstić information content (AvgIpc) is 2.16. The van der Waals surface area contributed by atoms with Gasteiger partial charge in [-0.15, -0.1) is 0 Å². The normalized spacial score (nSPS) is 20.2. The molecule has 1 aromatic carbocycles. The van der Waals surface area contributed by atoms with Gasteiger partial charge in [0.15, 0.2) is 17.2 Å². The maximum Gasteiger partial charge on any atom is 0.197 e. The number of benzene rings is 1. The van der Waals surface area contributed by atoms with E-state index in [0.717, 1.165) is 11.1 Å². The zero-order valence-corrected chi connectivity index (χ0v) is 9.14. The van der Waals surface area contributed by atoms with Crippen molar-refractivity contribution in [2.45, 2.75) is 13.1 Å². The van der Waals surface area contributed by atoms with Crippen molar-refractivity contribution in [3.63, 3.8) is 0 Å². The first-order chi connectivity index (χ1) is 7.16. The van der Waals surface area contributed by atoms with Gasteiger partial charge in [0, 0.05) is 0 Å². The Morgan fingerprint density at radius 1 is 1.40 bits per heavy atom. The van der Waals surface area contributed by atoms with Crippen LogP contribution in [0.1, 0.15) is 17.3 Å². The first-order valence-electron chi connectivity index (χ1n) is 4.63. The number of rotatable bonds is 1. The molecule has 1 aliphatic rings. The van der Waals surface area contributed by atoms with E-state index in [2.05, 4.69) is 15.6 Å². The lowest BCUT2D eigenvalue weighted by atomic mass is 10.1. The van der Waals surface area contributed by atoms with Gasteiger partial charge in [0.05, 0.1) is 0 Å². The molecule has 2 rings (SSSR count). The molecule has 1 aromatic rings. The standard InChI is InChI=1S/C10H12N4S/c1-6-4-2-3-5-7(6)8-12-9(11)14-10(15)13-8/h2-5,8H,1H3,(H4,11,12,13,14,15). The van der Waals surface area contributed by atoms with Gasteiger partial charge in [0.1, 0.15) is 0 Å². The molecule has 0 saturated carbocycles. The second kappa shape index (κ2) is 3.86. The van der Waals surface area contributed by atoms with Crippen molar-refractivity contribution < 1.29 is 0 Å². The molecule has 0 spiro atoms. The van der Waals surface area contributed by atoms with Gasteiger partial charge in [-0.1, -0.05) is 24.3 Å². The second-order valence-electron chi connectivity index (χ2n) is 3.37. The molecule has 0 aliphatic carbocycles. The van der Waals surface area contributed by atoms with E-state index in [1.165, 1.54) is 0 Å². The predicted molar refractivity (Wildman–Crippen MR) is 64.4 cm³/mol. The van der Waals surface area contributed by atoms with Crippen molar-refractivity contribution >= 4 is 23.3 Å². The predicted octanol–water partition coefficient (Wildman–Crippen LogP) is 0.786. The van der Waals surface area contributed by atoms with Crippen molar-refractivity contribution in [2.75, 3.05) is 0 Å². The van der Waals surface area contributed by atoms with Crippen LogP contribution in [0.4, 0.5) is 0 Å². The number of hydrogen-bond acceptors (Lipinski definition) is 3. The molecule has 1 aliphatic heterocycles. The molecule has 5 heteroatoms. The minimum Gasteiger partial charge on any atom is -0.370 e. The van der Waals surface area contributed by atoms with Crippen LogP contribution in [0.25, 0.3) is 0 Å². The molecule has 15 heavy (non-hydrogen) atoms. The van der Waals surface area contributed by atoms with Crippen LogP contribution < -0.4 is 16.4 Å². The highest BCUT2D eigenvalue weighted by Crippen LogP contribution is 2.19. The second-order valence-corrected chi connectivity index (χ2v) is 3.78. The number of thiocarbonyl (C=S) groups is 1. The van der Waals surface area contributed by atoms with Crippen LogP contribution in [0.2, 0.25) is 0 Å². The van der Waals surface area contributed by atoms with Crippen molar-refractivity contribution in [1.82, 2.24) is 10.6 Å². The van der Waals surface area contributed by atoms with E-state index in [4.69, 9.17) is 18.0 Å². The van der Waals surface area contributed by atoms with Crippen molar-refractivity contribution in [1.29, 1.82) is 0 Å². The Hall–Kier alpha value is -1.62. The highest BCUT2D eigenvalue weighted by Gasteiger charge is 2.18. The number of hydrogen-bond donors (Lipinski definition) is 3. The third-order valence-corrected chi connectivity index (χ3v) is 2.48. The van der Waals surface area contributed by atoms with Gasteiger partial charge in [0.2, 0.25) is 0 Å². The van der Waals surface area contributed by atoms with Crippen LogP contribution in [-0.4, -0.2) is 11.1 Å². The Morgan fingerprint density at radius 3 is 2.80 bits per heavy atom. The molecular weight excluding hydrogens is 208 g/mol. The molecule has 0 bridgehead atoms. The van der Waals surface area contributed by atoms with Gasteiger partial charge in [0.25, 0.3) is 0 Å². The quantitative estimate of drug-likeness (QED) is 0.612. The maximum absolute atomic E-state index is 5.61. The highest BCUT2D eigenvalue weighted by molar-refractivity contribution is 7.80. The Labute approximate surface area is 93.6 Å². The number of nitrogens with two attached hydrogens (primary N) is 1. The summed E-state index contributed by atoms with van der Waals surface area (Å²) in [6, 6.07) is 8.01. The summed E-state index contributed by atoms with van der Waals surface area (Å²) in [5.41, 5.74) is 7.86. The zero-order chi connectivity index (χ0) is 10.8. The molecule has 1 unspecified atom stereocenters. The van der Waals surface area contributed by atoms with E-state index in [0.29, 0.717) is 11.1 Å². The summed E-state index contributed by atoms with van der Waals surface area (Å²) in [5.74, 6) is 0.354. The molecular formula is C10H12N4S. The maximum atomic E-state index is 5.61. The smallest absolute Gasteiger partial charge is 0.197 e. The van der Waals surface area contributed by atoms with Gasteiger partial charge >= 0.3 is 0 Å². The van der Waals surface area contributed by atoms with E-state index >= 15 is 0 Å². The minimum atomic E-state index is -0.181. The van der Waals surface area contributed by atoms with E-state index in [1.54, 1.807) is 0 Å². The van der Waals surface area contributed by atoms with Crippen LogP contribution in [0.3, 0.4) is 0 Å². The molecule has 4 N–H and O–H groups in total. The van der Waals surface area contributed by atoms with E-state index in [1.807, 2.05) is 31.2 Å². The molecule has 4 nitrogen and oxygen atoms in total. The minimum absolute atomic E-state index is 0.181. The van der Waals surface area contributed by atoms with Crippen LogP contribution in [0.5, 0.6) is 0 Å². The summed E-state index contributed by atoms with van der Waals surface area (Å²) >= 11 is 5.02. The highest BCUT2D eigenvalue weighted by atomic mass is 32.1. The lowest BCUT2D eigenvalue weighted by Crippen LogP contribution is -2.49. The average molecular weight is 220 g/mol. The largest absolute Gasteiger partial charge is 0.370 e. The number of nitrogens with zero attached hydrogens (tertiary/aromatic N) is 1. The monoisotopic (exact) mass is 220 g/mol. The summed E-state index contributed by atoms with van der Waals surface area (Å²) in [6.07, 6.45) is -0.181. The number of guanidine groups is 1. The Bertz CT molecular complexity index is 427. The summed E-state index contributed by atoms with van der Waals surface area (Å²) < 4.78 is 0. The van der Waals surface area contributed by atoms with E-state index < -0.39 is 0 Å². The van der Waals surface area contributed by atoms with Crippen LogP contribution >= 0.6 is 12.2 Å². The van der Waals surface area contributed by atoms with Crippen LogP contribution in [0, 0.1) is 6.92 Å². The van der Waals surface area contributed by atoms with Crippen molar-refractivity contribution in [2.24, 2.45) is 10.7 Å². The van der Waals surface area contributed by atoms with Crippen LogP contribution in [-0.2, 0) is 0 Å². The third kappa shape index (κ3) is 2.07. The van der Waals surface area contributed by atoms with Gasteiger partial charge in [-0.05, 0) is 30.3 Å².